The molecule has 0 aromatic rings. The third-order valence-corrected chi connectivity index (χ3v) is 2.59. The third-order valence-electron chi connectivity index (χ3n) is 2.59. The Hall–Kier alpha value is -1.06. The van der Waals surface area contributed by atoms with E-state index in [0.717, 1.165) is 38.5 Å². The molecule has 0 fully saturated rings. The highest BCUT2D eigenvalue weighted by Crippen LogP contribution is 2.10. The first kappa shape index (κ1) is 14.9. The van der Waals surface area contributed by atoms with Crippen molar-refractivity contribution >= 4 is 11.8 Å². The molecule has 0 heterocycles. The predicted molar refractivity (Wildman–Crippen MR) is 65.7 cm³/mol. The van der Waals surface area contributed by atoms with Crippen LogP contribution in [0.2, 0.25) is 0 Å². The minimum atomic E-state index is -0.691. The number of nitrogens with one attached hydrogen (secondary N) is 1. The van der Waals surface area contributed by atoms with Gasteiger partial charge in [0.1, 0.15) is 0 Å². The Morgan fingerprint density at radius 1 is 0.875 bits per heavy atom. The first-order valence-electron chi connectivity index (χ1n) is 6.17. The average molecular weight is 228 g/mol. The topological polar surface area (TPSA) is 87.2 Å². The maximum Gasteiger partial charge on any atom is 0.303 e. The van der Waals surface area contributed by atoms with Gasteiger partial charge in [-0.25, -0.2) is 0 Å². The number of carbonyl (C=O) groups is 1. The van der Waals surface area contributed by atoms with E-state index in [1.54, 1.807) is 0 Å². The van der Waals surface area contributed by atoms with E-state index in [4.69, 9.17) is 16.2 Å². The molecule has 0 spiro atoms. The smallest absolute Gasteiger partial charge is 0.303 e. The molecule has 94 valence electrons. The first-order chi connectivity index (χ1) is 7.63. The summed E-state index contributed by atoms with van der Waals surface area (Å²) in [5, 5.41) is 15.5. The van der Waals surface area contributed by atoms with Gasteiger partial charge in [0, 0.05) is 12.8 Å². The zero-order valence-electron chi connectivity index (χ0n) is 10.0. The van der Waals surface area contributed by atoms with Crippen molar-refractivity contribution in [3.05, 3.63) is 0 Å². The highest BCUT2D eigenvalue weighted by atomic mass is 16.4. The van der Waals surface area contributed by atoms with Crippen molar-refractivity contribution in [1.82, 2.24) is 0 Å². The quantitative estimate of drug-likeness (QED) is 0.288. The van der Waals surface area contributed by atoms with Crippen molar-refractivity contribution in [2.24, 2.45) is 5.73 Å². The highest BCUT2D eigenvalue weighted by Gasteiger charge is 1.96. The van der Waals surface area contributed by atoms with Crippen LogP contribution in [0.3, 0.4) is 0 Å². The van der Waals surface area contributed by atoms with E-state index in [1.807, 2.05) is 0 Å². The van der Waals surface area contributed by atoms with Crippen LogP contribution in [-0.2, 0) is 4.79 Å². The number of carboxylic acid groups (broad SMARTS) is 1. The monoisotopic (exact) mass is 228 g/mol. The van der Waals surface area contributed by atoms with E-state index in [2.05, 4.69) is 0 Å². The van der Waals surface area contributed by atoms with Crippen molar-refractivity contribution in [3.8, 4) is 0 Å². The molecule has 16 heavy (non-hydrogen) atoms. The van der Waals surface area contributed by atoms with Gasteiger partial charge in [0.2, 0.25) is 0 Å². The van der Waals surface area contributed by atoms with Crippen LogP contribution in [0, 0.1) is 5.41 Å². The molecule has 0 atom stereocenters. The second-order valence-electron chi connectivity index (χ2n) is 4.25. The van der Waals surface area contributed by atoms with Crippen LogP contribution in [0.4, 0.5) is 0 Å². The van der Waals surface area contributed by atoms with E-state index < -0.39 is 5.97 Å². The molecule has 0 saturated carbocycles. The Morgan fingerprint density at radius 3 is 1.62 bits per heavy atom. The number of rotatable bonds is 11. The normalized spacial score (nSPS) is 10.2. The Morgan fingerprint density at radius 2 is 1.25 bits per heavy atom. The number of hydrogen-bond acceptors (Lipinski definition) is 2. The largest absolute Gasteiger partial charge is 0.481 e. The van der Waals surface area contributed by atoms with Crippen LogP contribution < -0.4 is 5.73 Å². The maximum atomic E-state index is 10.2. The molecule has 0 aliphatic heterocycles. The van der Waals surface area contributed by atoms with Gasteiger partial charge in [-0.2, -0.15) is 0 Å². The summed E-state index contributed by atoms with van der Waals surface area (Å²) >= 11 is 0. The minimum Gasteiger partial charge on any atom is -0.481 e. The number of nitrogens with two attached hydrogens (primary N) is 1. The van der Waals surface area contributed by atoms with Crippen LogP contribution >= 0.6 is 0 Å². The fourth-order valence-corrected chi connectivity index (χ4v) is 1.65. The summed E-state index contributed by atoms with van der Waals surface area (Å²) in [4.78, 5) is 10.2. The summed E-state index contributed by atoms with van der Waals surface area (Å²) in [5.74, 6) is -0.405. The van der Waals surface area contributed by atoms with Gasteiger partial charge >= 0.3 is 5.97 Å². The lowest BCUT2D eigenvalue weighted by Crippen LogP contribution is -2.08. The Balaban J connectivity index is 2.98. The Labute approximate surface area is 97.7 Å². The third kappa shape index (κ3) is 12.9. The summed E-state index contributed by atoms with van der Waals surface area (Å²) in [5.41, 5.74) is 5.25. The molecule has 0 aliphatic carbocycles. The molecule has 4 N–H and O–H groups in total. The molecule has 0 aromatic carbocycles. The van der Waals surface area contributed by atoms with Gasteiger partial charge in [-0.15, -0.1) is 0 Å². The zero-order chi connectivity index (χ0) is 12.2. The fourth-order valence-electron chi connectivity index (χ4n) is 1.65. The molecule has 0 radical (unpaired) electrons. The zero-order valence-corrected chi connectivity index (χ0v) is 10.0. The molecule has 0 aliphatic rings. The molecule has 4 heteroatoms. The van der Waals surface area contributed by atoms with Gasteiger partial charge in [-0.1, -0.05) is 38.5 Å². The summed E-state index contributed by atoms with van der Waals surface area (Å²) in [6.07, 6.45) is 9.77. The number of hydrogen-bond donors (Lipinski definition) is 3. The lowest BCUT2D eigenvalue weighted by Gasteiger charge is -2.01. The van der Waals surface area contributed by atoms with E-state index in [1.165, 1.54) is 19.3 Å². The molecule has 0 rings (SSSR count). The van der Waals surface area contributed by atoms with Crippen molar-refractivity contribution in [2.45, 2.75) is 64.2 Å². The Bertz CT molecular complexity index is 183. The van der Waals surface area contributed by atoms with E-state index >= 15 is 0 Å². The second-order valence-corrected chi connectivity index (χ2v) is 4.25. The summed E-state index contributed by atoms with van der Waals surface area (Å²) in [6, 6.07) is 0. The van der Waals surface area contributed by atoms with Crippen LogP contribution in [0.15, 0.2) is 0 Å². The lowest BCUT2D eigenvalue weighted by molar-refractivity contribution is -0.137. The standard InChI is InChI=1S/C12H24N2O2/c13-11(14)9-7-5-3-1-2-4-6-8-10-12(15)16/h1-10H2,(H3,13,14)(H,15,16). The molecule has 0 unspecified atom stereocenters. The van der Waals surface area contributed by atoms with Crippen LogP contribution in [0.25, 0.3) is 0 Å². The number of carboxylic acids is 1. The van der Waals surface area contributed by atoms with Gasteiger partial charge in [0.15, 0.2) is 0 Å². The van der Waals surface area contributed by atoms with Gasteiger partial charge in [0.05, 0.1) is 5.84 Å². The second kappa shape index (κ2) is 10.5. The average Bonchev–Trinajstić information content (AvgIpc) is 2.20. The Kier molecular flexibility index (Phi) is 9.76. The van der Waals surface area contributed by atoms with E-state index in [-0.39, 0.29) is 5.84 Å². The van der Waals surface area contributed by atoms with Crippen molar-refractivity contribution in [3.63, 3.8) is 0 Å². The molecule has 0 amide bonds. The van der Waals surface area contributed by atoms with Crippen molar-refractivity contribution in [2.75, 3.05) is 0 Å². The van der Waals surface area contributed by atoms with Gasteiger partial charge in [-0.3, -0.25) is 10.2 Å². The maximum absolute atomic E-state index is 10.2. The lowest BCUT2D eigenvalue weighted by atomic mass is 10.1. The first-order valence-corrected chi connectivity index (χ1v) is 6.17. The van der Waals surface area contributed by atoms with Crippen LogP contribution in [0.5, 0.6) is 0 Å². The van der Waals surface area contributed by atoms with E-state index in [0.29, 0.717) is 6.42 Å². The van der Waals surface area contributed by atoms with Crippen LogP contribution in [0.1, 0.15) is 64.2 Å². The predicted octanol–water partition coefficient (Wildman–Crippen LogP) is 2.91. The van der Waals surface area contributed by atoms with Gasteiger partial charge < -0.3 is 10.8 Å². The number of aliphatic carboxylic acids is 1. The summed E-state index contributed by atoms with van der Waals surface area (Å²) in [7, 11) is 0. The summed E-state index contributed by atoms with van der Waals surface area (Å²) in [6.45, 7) is 0. The number of unbranched alkanes of at least 4 members (excludes halogenated alkanes) is 7. The van der Waals surface area contributed by atoms with E-state index in [9.17, 15) is 4.79 Å². The number of amidine groups is 1. The van der Waals surface area contributed by atoms with Crippen molar-refractivity contribution < 1.29 is 9.90 Å². The SMILES string of the molecule is N=C(N)CCCCCCCCCCC(=O)O. The van der Waals surface area contributed by atoms with Crippen LogP contribution in [-0.4, -0.2) is 16.9 Å². The fraction of sp³-hybridized carbons (Fsp3) is 0.833. The van der Waals surface area contributed by atoms with Gasteiger partial charge in [0.25, 0.3) is 0 Å². The molecule has 4 nitrogen and oxygen atoms in total. The van der Waals surface area contributed by atoms with Gasteiger partial charge in [-0.05, 0) is 12.8 Å². The minimum absolute atomic E-state index is 0.286. The summed E-state index contributed by atoms with van der Waals surface area (Å²) < 4.78 is 0. The molecular weight excluding hydrogens is 204 g/mol. The van der Waals surface area contributed by atoms with Crippen molar-refractivity contribution in [1.29, 1.82) is 5.41 Å². The molecule has 0 bridgehead atoms. The molecule has 0 saturated heterocycles. The highest BCUT2D eigenvalue weighted by molar-refractivity contribution is 5.76. The molecular formula is C12H24N2O2. The molecule has 0 aromatic heterocycles.